The number of fused-ring (bicyclic) bond motifs is 1. The molecule has 2 atom stereocenters. The number of hydrogen-bond donors (Lipinski definition) is 0. The molecule has 1 saturated carbocycles. The van der Waals surface area contributed by atoms with Crippen LogP contribution in [0.2, 0.25) is 5.02 Å². The van der Waals surface area contributed by atoms with Gasteiger partial charge in [-0.15, -0.1) is 0 Å². The highest BCUT2D eigenvalue weighted by atomic mass is 35.5. The van der Waals surface area contributed by atoms with Crippen LogP contribution in [0.3, 0.4) is 0 Å². The van der Waals surface area contributed by atoms with Gasteiger partial charge in [-0.25, -0.2) is 4.79 Å². The van der Waals surface area contributed by atoms with E-state index < -0.39 is 17.8 Å². The molecule has 4 rings (SSSR count). The van der Waals surface area contributed by atoms with Gasteiger partial charge in [0.25, 0.3) is 11.8 Å². The number of hydroxylamine groups is 2. The van der Waals surface area contributed by atoms with Crippen LogP contribution < -0.4 is 0 Å². The van der Waals surface area contributed by atoms with Crippen LogP contribution in [0.5, 0.6) is 0 Å². The predicted molar refractivity (Wildman–Crippen MR) is 85.3 cm³/mol. The SMILES string of the molecule is O=C(ON1C(=O)c2ccccc2C1=O)[C@@H]1C[C@H]1c1ccc(Cl)cc1. The van der Waals surface area contributed by atoms with Crippen molar-refractivity contribution in [3.8, 4) is 0 Å². The molecule has 5 nitrogen and oxygen atoms in total. The zero-order chi connectivity index (χ0) is 16.8. The van der Waals surface area contributed by atoms with Crippen molar-refractivity contribution in [2.75, 3.05) is 0 Å². The lowest BCUT2D eigenvalue weighted by molar-refractivity contribution is -0.170. The Morgan fingerprint density at radius 1 is 1.00 bits per heavy atom. The molecule has 0 unspecified atom stereocenters. The first-order valence-corrected chi connectivity index (χ1v) is 7.89. The largest absolute Gasteiger partial charge is 0.336 e. The fourth-order valence-corrected chi connectivity index (χ4v) is 3.07. The number of rotatable bonds is 3. The Bertz CT molecular complexity index is 827. The van der Waals surface area contributed by atoms with E-state index in [9.17, 15) is 14.4 Å². The van der Waals surface area contributed by atoms with Crippen molar-refractivity contribution < 1.29 is 19.2 Å². The molecule has 0 aromatic heterocycles. The van der Waals surface area contributed by atoms with Crippen LogP contribution in [-0.4, -0.2) is 22.8 Å². The minimum absolute atomic E-state index is 0.0324. The molecule has 2 amide bonds. The lowest BCUT2D eigenvalue weighted by Crippen LogP contribution is -2.33. The van der Waals surface area contributed by atoms with Gasteiger partial charge in [0.1, 0.15) is 0 Å². The van der Waals surface area contributed by atoms with Gasteiger partial charge < -0.3 is 4.84 Å². The van der Waals surface area contributed by atoms with E-state index in [1.54, 1.807) is 24.3 Å². The number of halogens is 1. The number of carbonyl (C=O) groups excluding carboxylic acids is 3. The van der Waals surface area contributed by atoms with Crippen LogP contribution in [0.1, 0.15) is 38.6 Å². The van der Waals surface area contributed by atoms with Gasteiger partial charge in [0.2, 0.25) is 0 Å². The van der Waals surface area contributed by atoms with Gasteiger partial charge in [-0.3, -0.25) is 9.59 Å². The topological polar surface area (TPSA) is 63.7 Å². The van der Waals surface area contributed by atoms with Crippen molar-refractivity contribution in [3.05, 3.63) is 70.2 Å². The molecule has 0 spiro atoms. The number of imide groups is 1. The second-order valence-electron chi connectivity index (χ2n) is 5.86. The zero-order valence-electron chi connectivity index (χ0n) is 12.4. The van der Waals surface area contributed by atoms with E-state index in [2.05, 4.69) is 0 Å². The van der Waals surface area contributed by atoms with Crippen LogP contribution in [-0.2, 0) is 9.63 Å². The number of carbonyl (C=O) groups is 3. The molecular formula is C18H12ClNO4. The minimum Gasteiger partial charge on any atom is -0.329 e. The normalized spacial score (nSPS) is 21.6. The van der Waals surface area contributed by atoms with Crippen LogP contribution in [0.15, 0.2) is 48.5 Å². The summed E-state index contributed by atoms with van der Waals surface area (Å²) in [5.74, 6) is -2.09. The molecule has 1 fully saturated rings. The Morgan fingerprint density at radius 2 is 1.58 bits per heavy atom. The van der Waals surface area contributed by atoms with Crippen molar-refractivity contribution >= 4 is 29.4 Å². The molecule has 2 aromatic rings. The van der Waals surface area contributed by atoms with Crippen LogP contribution in [0, 0.1) is 5.92 Å². The lowest BCUT2D eigenvalue weighted by Gasteiger charge is -2.12. The number of nitrogens with zero attached hydrogens (tertiary/aromatic N) is 1. The molecule has 1 heterocycles. The zero-order valence-corrected chi connectivity index (χ0v) is 13.2. The minimum atomic E-state index is -0.604. The Morgan fingerprint density at radius 3 is 2.17 bits per heavy atom. The van der Waals surface area contributed by atoms with Crippen molar-refractivity contribution in [1.82, 2.24) is 5.06 Å². The van der Waals surface area contributed by atoms with E-state index in [1.807, 2.05) is 12.1 Å². The molecule has 1 aliphatic heterocycles. The maximum Gasteiger partial charge on any atom is 0.336 e. The van der Waals surface area contributed by atoms with Crippen LogP contribution in [0.25, 0.3) is 0 Å². The molecule has 2 aromatic carbocycles. The summed E-state index contributed by atoms with van der Waals surface area (Å²) in [4.78, 5) is 41.7. The summed E-state index contributed by atoms with van der Waals surface area (Å²) in [6.45, 7) is 0. The second kappa shape index (κ2) is 5.46. The number of amides is 2. The van der Waals surface area contributed by atoms with E-state index >= 15 is 0 Å². The van der Waals surface area contributed by atoms with Gasteiger partial charge in [-0.05, 0) is 42.2 Å². The third-order valence-electron chi connectivity index (χ3n) is 4.33. The maximum atomic E-state index is 12.3. The van der Waals surface area contributed by atoms with Crippen molar-refractivity contribution in [2.24, 2.45) is 5.92 Å². The summed E-state index contributed by atoms with van der Waals surface area (Å²) in [7, 11) is 0. The summed E-state index contributed by atoms with van der Waals surface area (Å²) in [6.07, 6.45) is 0.629. The lowest BCUT2D eigenvalue weighted by atomic mass is 10.1. The molecule has 6 heteroatoms. The summed E-state index contributed by atoms with van der Waals surface area (Å²) in [5.41, 5.74) is 1.49. The fourth-order valence-electron chi connectivity index (χ4n) is 2.94. The van der Waals surface area contributed by atoms with E-state index in [-0.39, 0.29) is 23.0 Å². The summed E-state index contributed by atoms with van der Waals surface area (Å²) < 4.78 is 0. The summed E-state index contributed by atoms with van der Waals surface area (Å²) in [5, 5.41) is 1.19. The average molecular weight is 342 g/mol. The van der Waals surface area contributed by atoms with Gasteiger partial charge in [0.05, 0.1) is 17.0 Å². The number of benzene rings is 2. The Hall–Kier alpha value is -2.66. The number of hydrogen-bond acceptors (Lipinski definition) is 4. The van der Waals surface area contributed by atoms with Crippen LogP contribution in [0.4, 0.5) is 0 Å². The smallest absolute Gasteiger partial charge is 0.329 e. The molecule has 1 aliphatic carbocycles. The molecule has 0 bridgehead atoms. The van der Waals surface area contributed by atoms with E-state index in [0.717, 1.165) is 5.56 Å². The Balaban J connectivity index is 1.46. The Kier molecular flexibility index (Phi) is 3.39. The summed E-state index contributed by atoms with van der Waals surface area (Å²) >= 11 is 5.85. The Labute approximate surface area is 142 Å². The molecule has 2 aliphatic rings. The molecule has 0 saturated heterocycles. The first kappa shape index (κ1) is 14.9. The van der Waals surface area contributed by atoms with E-state index in [4.69, 9.17) is 16.4 Å². The molecule has 24 heavy (non-hydrogen) atoms. The molecule has 0 N–H and O–H groups in total. The first-order valence-electron chi connectivity index (χ1n) is 7.51. The quantitative estimate of drug-likeness (QED) is 0.804. The first-order chi connectivity index (χ1) is 11.6. The summed E-state index contributed by atoms with van der Waals surface area (Å²) in [6, 6.07) is 13.7. The van der Waals surface area contributed by atoms with Gasteiger partial charge in [0, 0.05) is 5.02 Å². The van der Waals surface area contributed by atoms with Crippen molar-refractivity contribution in [1.29, 1.82) is 0 Å². The van der Waals surface area contributed by atoms with Gasteiger partial charge >= 0.3 is 5.97 Å². The molecule has 120 valence electrons. The highest BCUT2D eigenvalue weighted by Gasteiger charge is 2.48. The fraction of sp³-hybridized carbons (Fsp3) is 0.167. The maximum absolute atomic E-state index is 12.3. The third kappa shape index (κ3) is 2.37. The van der Waals surface area contributed by atoms with E-state index in [1.165, 1.54) is 12.1 Å². The molecular weight excluding hydrogens is 330 g/mol. The van der Waals surface area contributed by atoms with Crippen molar-refractivity contribution in [2.45, 2.75) is 12.3 Å². The van der Waals surface area contributed by atoms with Gasteiger partial charge in [-0.1, -0.05) is 40.9 Å². The van der Waals surface area contributed by atoms with Gasteiger partial charge in [0.15, 0.2) is 0 Å². The highest BCUT2D eigenvalue weighted by molar-refractivity contribution is 6.30. The molecule has 0 radical (unpaired) electrons. The third-order valence-corrected chi connectivity index (χ3v) is 4.58. The standard InChI is InChI=1S/C18H12ClNO4/c19-11-7-5-10(6-8-11)14-9-15(14)18(23)24-20-16(21)12-3-1-2-4-13(12)17(20)22/h1-8,14-15H,9H2/t14-,15+/m0/s1. The average Bonchev–Trinajstić information content (AvgIpc) is 3.36. The monoisotopic (exact) mass is 341 g/mol. The van der Waals surface area contributed by atoms with Crippen LogP contribution >= 0.6 is 11.6 Å². The predicted octanol–water partition coefficient (Wildman–Crippen LogP) is 3.20. The van der Waals surface area contributed by atoms with Gasteiger partial charge in [-0.2, -0.15) is 0 Å². The second-order valence-corrected chi connectivity index (χ2v) is 6.30. The van der Waals surface area contributed by atoms with Crippen molar-refractivity contribution in [3.63, 3.8) is 0 Å². The highest BCUT2D eigenvalue weighted by Crippen LogP contribution is 2.48. The van der Waals surface area contributed by atoms with E-state index in [0.29, 0.717) is 16.5 Å².